The average Bonchev–Trinajstić information content (AvgIpc) is 2.77. The molecule has 6 nitrogen and oxygen atoms in total. The number of hydrogen-bond donors (Lipinski definition) is 0. The van der Waals surface area contributed by atoms with Crippen molar-refractivity contribution in [3.63, 3.8) is 0 Å². The molecule has 100 valence electrons. The molecule has 0 N–H and O–H groups in total. The molecule has 0 aromatic carbocycles. The van der Waals surface area contributed by atoms with Gasteiger partial charge in [-0.25, -0.2) is 13.4 Å². The predicted molar refractivity (Wildman–Crippen MR) is 65.4 cm³/mol. The Morgan fingerprint density at radius 2 is 2.22 bits per heavy atom. The number of imidazole rings is 1. The number of ketones is 1. The van der Waals surface area contributed by atoms with E-state index >= 15 is 0 Å². The third-order valence-electron chi connectivity index (χ3n) is 3.24. The molecule has 0 spiro atoms. The minimum atomic E-state index is -3.56. The lowest BCUT2D eigenvalue weighted by Crippen LogP contribution is -2.41. The lowest BCUT2D eigenvalue weighted by molar-refractivity contribution is -0.121. The Morgan fingerprint density at radius 3 is 2.78 bits per heavy atom. The standard InChI is InChI=1S/C11H17N3O3S/c1-9(15)10-4-3-5-14(6-10)18(16,17)11-7-13(2)8-12-11/h7-8,10H,3-6H2,1-2H3. The van der Waals surface area contributed by atoms with E-state index in [1.165, 1.54) is 23.8 Å². The molecule has 1 atom stereocenters. The number of Topliss-reactive ketones (excluding diaryl/α,β-unsaturated/α-hetero) is 1. The van der Waals surface area contributed by atoms with Crippen LogP contribution in [-0.4, -0.2) is 41.1 Å². The van der Waals surface area contributed by atoms with Crippen LogP contribution in [0, 0.1) is 5.92 Å². The van der Waals surface area contributed by atoms with E-state index in [9.17, 15) is 13.2 Å². The lowest BCUT2D eigenvalue weighted by atomic mass is 9.96. The number of nitrogens with zero attached hydrogens (tertiary/aromatic N) is 3. The highest BCUT2D eigenvalue weighted by Gasteiger charge is 2.33. The minimum absolute atomic E-state index is 0.0502. The summed E-state index contributed by atoms with van der Waals surface area (Å²) in [5, 5.41) is 0.0502. The zero-order chi connectivity index (χ0) is 13.3. The second kappa shape index (κ2) is 4.81. The van der Waals surface area contributed by atoms with Gasteiger partial charge in [-0.1, -0.05) is 0 Å². The molecule has 18 heavy (non-hydrogen) atoms. The van der Waals surface area contributed by atoms with Crippen molar-refractivity contribution < 1.29 is 13.2 Å². The molecule has 1 fully saturated rings. The van der Waals surface area contributed by atoms with Crippen molar-refractivity contribution in [3.05, 3.63) is 12.5 Å². The van der Waals surface area contributed by atoms with Crippen molar-refractivity contribution in [1.82, 2.24) is 13.9 Å². The van der Waals surface area contributed by atoms with E-state index in [0.717, 1.165) is 12.8 Å². The molecule has 0 radical (unpaired) electrons. The predicted octanol–water partition coefficient (Wildman–Crippen LogP) is 0.410. The zero-order valence-corrected chi connectivity index (χ0v) is 11.4. The number of sulfonamides is 1. The van der Waals surface area contributed by atoms with Crippen LogP contribution in [0.15, 0.2) is 17.6 Å². The first-order chi connectivity index (χ1) is 8.41. The topological polar surface area (TPSA) is 72.3 Å². The summed E-state index contributed by atoms with van der Waals surface area (Å²) in [5.41, 5.74) is 0. The third kappa shape index (κ3) is 2.46. The highest BCUT2D eigenvalue weighted by molar-refractivity contribution is 7.89. The second-order valence-corrected chi connectivity index (χ2v) is 6.58. The third-order valence-corrected chi connectivity index (χ3v) is 5.00. The van der Waals surface area contributed by atoms with Gasteiger partial charge in [-0.15, -0.1) is 0 Å². The average molecular weight is 271 g/mol. The van der Waals surface area contributed by atoms with Crippen molar-refractivity contribution in [3.8, 4) is 0 Å². The minimum Gasteiger partial charge on any atom is -0.339 e. The van der Waals surface area contributed by atoms with Crippen LogP contribution in [0.1, 0.15) is 19.8 Å². The van der Waals surface area contributed by atoms with Gasteiger partial charge in [-0.2, -0.15) is 4.31 Å². The van der Waals surface area contributed by atoms with Gasteiger partial charge in [0.05, 0.1) is 6.33 Å². The maximum Gasteiger partial charge on any atom is 0.262 e. The van der Waals surface area contributed by atoms with E-state index in [1.54, 1.807) is 11.6 Å². The van der Waals surface area contributed by atoms with Crippen LogP contribution in [0.3, 0.4) is 0 Å². The number of rotatable bonds is 3. The van der Waals surface area contributed by atoms with E-state index in [1.807, 2.05) is 0 Å². The Morgan fingerprint density at radius 1 is 1.50 bits per heavy atom. The van der Waals surface area contributed by atoms with Gasteiger partial charge in [0.15, 0.2) is 5.03 Å². The van der Waals surface area contributed by atoms with Crippen LogP contribution >= 0.6 is 0 Å². The van der Waals surface area contributed by atoms with Gasteiger partial charge in [0.2, 0.25) is 0 Å². The molecule has 0 amide bonds. The Kier molecular flexibility index (Phi) is 3.54. The molecule has 7 heteroatoms. The van der Waals surface area contributed by atoms with Gasteiger partial charge in [-0.3, -0.25) is 4.79 Å². The second-order valence-electron chi connectivity index (χ2n) is 4.69. The number of piperidine rings is 1. The quantitative estimate of drug-likeness (QED) is 0.798. The fourth-order valence-corrected chi connectivity index (χ4v) is 3.64. The highest BCUT2D eigenvalue weighted by Crippen LogP contribution is 2.23. The van der Waals surface area contributed by atoms with E-state index in [4.69, 9.17) is 0 Å². The monoisotopic (exact) mass is 271 g/mol. The number of carbonyl (C=O) groups excluding carboxylic acids is 1. The fraction of sp³-hybridized carbons (Fsp3) is 0.636. The van der Waals surface area contributed by atoms with Crippen LogP contribution < -0.4 is 0 Å². The Bertz CT molecular complexity index is 550. The smallest absolute Gasteiger partial charge is 0.262 e. The molecule has 1 aliphatic heterocycles. The summed E-state index contributed by atoms with van der Waals surface area (Å²) in [6.07, 6.45) is 4.42. The summed E-state index contributed by atoms with van der Waals surface area (Å²) in [7, 11) is -1.84. The number of hydrogen-bond acceptors (Lipinski definition) is 4. The van der Waals surface area contributed by atoms with Crippen molar-refractivity contribution >= 4 is 15.8 Å². The summed E-state index contributed by atoms with van der Waals surface area (Å²) in [6, 6.07) is 0. The van der Waals surface area contributed by atoms with Crippen LogP contribution in [-0.2, 0) is 21.9 Å². The summed E-state index contributed by atoms with van der Waals surface area (Å²) >= 11 is 0. The normalized spacial score (nSPS) is 22.0. The molecule has 0 saturated carbocycles. The van der Waals surface area contributed by atoms with Gasteiger partial charge in [0.1, 0.15) is 5.78 Å². The molecule has 1 aliphatic rings. The molecule has 0 aliphatic carbocycles. The summed E-state index contributed by atoms with van der Waals surface area (Å²) < 4.78 is 27.6. The fourth-order valence-electron chi connectivity index (χ4n) is 2.15. The molecular weight excluding hydrogens is 254 g/mol. The highest BCUT2D eigenvalue weighted by atomic mass is 32.2. The summed E-state index contributed by atoms with van der Waals surface area (Å²) in [6.45, 7) is 2.25. The lowest BCUT2D eigenvalue weighted by Gasteiger charge is -2.29. The first kappa shape index (κ1) is 13.2. The molecular formula is C11H17N3O3S. The van der Waals surface area contributed by atoms with E-state index in [-0.39, 0.29) is 23.3 Å². The van der Waals surface area contributed by atoms with Crippen LogP contribution in [0.5, 0.6) is 0 Å². The van der Waals surface area contributed by atoms with Gasteiger partial charge >= 0.3 is 0 Å². The number of aromatic nitrogens is 2. The molecule has 0 bridgehead atoms. The van der Waals surface area contributed by atoms with Crippen LogP contribution in [0.4, 0.5) is 0 Å². The van der Waals surface area contributed by atoms with Gasteiger partial charge in [0.25, 0.3) is 10.0 Å². The van der Waals surface area contributed by atoms with Crippen LogP contribution in [0.25, 0.3) is 0 Å². The number of aryl methyl sites for hydroxylation is 1. The van der Waals surface area contributed by atoms with Gasteiger partial charge in [0, 0.05) is 32.3 Å². The molecule has 1 aromatic heterocycles. The Hall–Kier alpha value is -1.21. The van der Waals surface area contributed by atoms with E-state index in [2.05, 4.69) is 4.98 Å². The van der Waals surface area contributed by atoms with E-state index in [0.29, 0.717) is 6.54 Å². The van der Waals surface area contributed by atoms with Crippen molar-refractivity contribution in [2.24, 2.45) is 13.0 Å². The largest absolute Gasteiger partial charge is 0.339 e. The molecule has 1 saturated heterocycles. The van der Waals surface area contributed by atoms with Crippen molar-refractivity contribution in [1.29, 1.82) is 0 Å². The first-order valence-corrected chi connectivity index (χ1v) is 7.34. The number of carbonyl (C=O) groups is 1. The maximum absolute atomic E-state index is 12.3. The summed E-state index contributed by atoms with van der Waals surface area (Å²) in [4.78, 5) is 15.3. The summed E-state index contributed by atoms with van der Waals surface area (Å²) in [5.74, 6) is -0.131. The molecule has 1 aromatic rings. The Labute approximate surface area is 107 Å². The van der Waals surface area contributed by atoms with Crippen molar-refractivity contribution in [2.45, 2.75) is 24.8 Å². The SMILES string of the molecule is CC(=O)C1CCCN(S(=O)(=O)c2cn(C)cn2)C1. The molecule has 2 rings (SSSR count). The Balaban J connectivity index is 2.22. The van der Waals surface area contributed by atoms with Gasteiger partial charge < -0.3 is 4.57 Å². The van der Waals surface area contributed by atoms with Crippen molar-refractivity contribution in [2.75, 3.05) is 13.1 Å². The van der Waals surface area contributed by atoms with E-state index < -0.39 is 10.0 Å². The van der Waals surface area contributed by atoms with Crippen LogP contribution in [0.2, 0.25) is 0 Å². The maximum atomic E-state index is 12.3. The molecule has 1 unspecified atom stereocenters. The molecule has 2 heterocycles. The zero-order valence-electron chi connectivity index (χ0n) is 10.5. The van der Waals surface area contributed by atoms with Gasteiger partial charge in [-0.05, 0) is 19.8 Å². The first-order valence-electron chi connectivity index (χ1n) is 5.90.